The Morgan fingerprint density at radius 2 is 1.90 bits per heavy atom. The predicted octanol–water partition coefficient (Wildman–Crippen LogP) is 2.23. The molecule has 0 aliphatic rings. The molecule has 0 fully saturated rings. The van der Waals surface area contributed by atoms with E-state index in [-0.39, 0.29) is 6.54 Å². The first-order valence-corrected chi connectivity index (χ1v) is 6.68. The topological polar surface area (TPSA) is 80.9 Å². The van der Waals surface area contributed by atoms with Gasteiger partial charge in [0, 0.05) is 5.56 Å². The van der Waals surface area contributed by atoms with Crippen molar-refractivity contribution in [2.75, 3.05) is 0 Å². The Morgan fingerprint density at radius 3 is 2.45 bits per heavy atom. The van der Waals surface area contributed by atoms with E-state index in [1.807, 2.05) is 44.2 Å². The lowest BCUT2D eigenvalue weighted by Crippen LogP contribution is -2.35. The first kappa shape index (κ1) is 14.2. The van der Waals surface area contributed by atoms with Crippen molar-refractivity contribution in [3.8, 4) is 11.4 Å². The van der Waals surface area contributed by atoms with Gasteiger partial charge in [0.15, 0.2) is 5.82 Å². The van der Waals surface area contributed by atoms with Crippen molar-refractivity contribution >= 4 is 5.97 Å². The van der Waals surface area contributed by atoms with Crippen molar-refractivity contribution in [2.24, 2.45) is 5.41 Å². The number of hydrogen-bond donors (Lipinski definition) is 1. The Bertz CT molecular complexity index is 576. The Hall–Kier alpha value is -2.24. The fourth-order valence-electron chi connectivity index (χ4n) is 2.24. The van der Waals surface area contributed by atoms with Gasteiger partial charge in [-0.1, -0.05) is 44.2 Å². The van der Waals surface area contributed by atoms with Gasteiger partial charge in [-0.3, -0.25) is 4.79 Å². The van der Waals surface area contributed by atoms with Gasteiger partial charge >= 0.3 is 5.97 Å². The van der Waals surface area contributed by atoms with E-state index >= 15 is 0 Å². The van der Waals surface area contributed by atoms with Crippen LogP contribution in [0.1, 0.15) is 26.7 Å². The van der Waals surface area contributed by atoms with Crippen LogP contribution in [0.2, 0.25) is 0 Å². The number of tetrazole rings is 1. The standard InChI is InChI=1S/C14H18N4O2/c1-3-14(4-2,13(19)20)10-18-12(15-16-17-18)11-8-6-5-7-9-11/h5-9H,3-4,10H2,1-2H3,(H,19,20). The van der Waals surface area contributed by atoms with Crippen LogP contribution in [0.15, 0.2) is 30.3 Å². The molecule has 0 aliphatic heterocycles. The molecule has 0 aliphatic carbocycles. The molecular formula is C14H18N4O2. The van der Waals surface area contributed by atoms with E-state index in [2.05, 4.69) is 15.5 Å². The van der Waals surface area contributed by atoms with E-state index in [4.69, 9.17) is 0 Å². The molecule has 0 bridgehead atoms. The molecule has 2 aromatic rings. The average molecular weight is 274 g/mol. The number of carboxylic acids is 1. The van der Waals surface area contributed by atoms with Crippen molar-refractivity contribution < 1.29 is 9.90 Å². The first-order chi connectivity index (χ1) is 9.63. The Morgan fingerprint density at radius 1 is 1.25 bits per heavy atom. The van der Waals surface area contributed by atoms with Gasteiger partial charge < -0.3 is 5.11 Å². The monoisotopic (exact) mass is 274 g/mol. The molecule has 0 radical (unpaired) electrons. The zero-order chi connectivity index (χ0) is 14.6. The van der Waals surface area contributed by atoms with Crippen molar-refractivity contribution in [3.05, 3.63) is 30.3 Å². The van der Waals surface area contributed by atoms with E-state index < -0.39 is 11.4 Å². The van der Waals surface area contributed by atoms with Crippen molar-refractivity contribution in [1.82, 2.24) is 20.2 Å². The summed E-state index contributed by atoms with van der Waals surface area (Å²) < 4.78 is 1.58. The minimum Gasteiger partial charge on any atom is -0.481 e. The number of aliphatic carboxylic acids is 1. The van der Waals surface area contributed by atoms with Crippen LogP contribution >= 0.6 is 0 Å². The van der Waals surface area contributed by atoms with Crippen LogP contribution in [0.4, 0.5) is 0 Å². The summed E-state index contributed by atoms with van der Waals surface area (Å²) in [6.07, 6.45) is 1.07. The largest absolute Gasteiger partial charge is 0.481 e. The van der Waals surface area contributed by atoms with Crippen LogP contribution in [0.5, 0.6) is 0 Å². The van der Waals surface area contributed by atoms with Crippen molar-refractivity contribution in [1.29, 1.82) is 0 Å². The lowest BCUT2D eigenvalue weighted by Gasteiger charge is -2.26. The lowest BCUT2D eigenvalue weighted by molar-refractivity contribution is -0.150. The number of hydrogen-bond acceptors (Lipinski definition) is 4. The second-order valence-electron chi connectivity index (χ2n) is 4.82. The van der Waals surface area contributed by atoms with Gasteiger partial charge in [-0.05, 0) is 23.3 Å². The molecule has 1 N–H and O–H groups in total. The van der Waals surface area contributed by atoms with Crippen molar-refractivity contribution in [2.45, 2.75) is 33.2 Å². The fourth-order valence-corrected chi connectivity index (χ4v) is 2.24. The highest BCUT2D eigenvalue weighted by Gasteiger charge is 2.36. The summed E-state index contributed by atoms with van der Waals surface area (Å²) >= 11 is 0. The van der Waals surface area contributed by atoms with E-state index in [9.17, 15) is 9.90 Å². The number of benzene rings is 1. The Balaban J connectivity index is 2.36. The van der Waals surface area contributed by atoms with Crippen molar-refractivity contribution in [3.63, 3.8) is 0 Å². The summed E-state index contributed by atoms with van der Waals surface area (Å²) in [6, 6.07) is 9.53. The lowest BCUT2D eigenvalue weighted by atomic mass is 9.82. The molecule has 106 valence electrons. The third kappa shape index (κ3) is 2.54. The summed E-state index contributed by atoms with van der Waals surface area (Å²) in [4.78, 5) is 11.6. The molecule has 0 saturated carbocycles. The predicted molar refractivity (Wildman–Crippen MR) is 73.9 cm³/mol. The zero-order valence-electron chi connectivity index (χ0n) is 11.7. The van der Waals surface area contributed by atoms with Gasteiger partial charge in [-0.25, -0.2) is 4.68 Å². The highest BCUT2D eigenvalue weighted by atomic mass is 16.4. The number of nitrogens with zero attached hydrogens (tertiary/aromatic N) is 4. The van der Waals surface area contributed by atoms with E-state index in [1.54, 1.807) is 4.68 Å². The van der Waals surface area contributed by atoms with E-state index in [1.165, 1.54) is 0 Å². The Labute approximate surface area is 117 Å². The second-order valence-corrected chi connectivity index (χ2v) is 4.82. The third-order valence-corrected chi connectivity index (χ3v) is 3.82. The van der Waals surface area contributed by atoms with Crippen LogP contribution in [0.25, 0.3) is 11.4 Å². The average Bonchev–Trinajstić information content (AvgIpc) is 2.93. The number of carbonyl (C=O) groups is 1. The molecule has 0 saturated heterocycles. The molecule has 1 aromatic carbocycles. The molecule has 0 amide bonds. The maximum atomic E-state index is 11.6. The molecule has 6 nitrogen and oxygen atoms in total. The van der Waals surface area contributed by atoms with Gasteiger partial charge in [-0.2, -0.15) is 0 Å². The van der Waals surface area contributed by atoms with Crippen LogP contribution in [0, 0.1) is 5.41 Å². The third-order valence-electron chi connectivity index (χ3n) is 3.82. The van der Waals surface area contributed by atoms with Crippen LogP contribution in [-0.4, -0.2) is 31.3 Å². The maximum absolute atomic E-state index is 11.6. The number of carboxylic acid groups (broad SMARTS) is 1. The van der Waals surface area contributed by atoms with E-state index in [0.717, 1.165) is 5.56 Å². The van der Waals surface area contributed by atoms with E-state index in [0.29, 0.717) is 18.7 Å². The molecule has 0 atom stereocenters. The normalized spacial score (nSPS) is 11.5. The smallest absolute Gasteiger partial charge is 0.311 e. The Kier molecular flexibility index (Phi) is 4.12. The molecular weight excluding hydrogens is 256 g/mol. The molecule has 0 spiro atoms. The SMILES string of the molecule is CCC(CC)(Cn1nnnc1-c1ccccc1)C(=O)O. The molecule has 0 unspecified atom stereocenters. The number of rotatable bonds is 6. The zero-order valence-corrected chi connectivity index (χ0v) is 11.7. The van der Waals surface area contributed by atoms with Gasteiger partial charge in [-0.15, -0.1) is 5.10 Å². The van der Waals surface area contributed by atoms with Crippen LogP contribution in [0.3, 0.4) is 0 Å². The van der Waals surface area contributed by atoms with Gasteiger partial charge in [0.2, 0.25) is 0 Å². The van der Waals surface area contributed by atoms with Crippen LogP contribution in [-0.2, 0) is 11.3 Å². The molecule has 20 heavy (non-hydrogen) atoms. The number of aromatic nitrogens is 4. The molecule has 2 rings (SSSR count). The summed E-state index contributed by atoms with van der Waals surface area (Å²) in [7, 11) is 0. The molecule has 6 heteroatoms. The molecule has 1 aromatic heterocycles. The molecule has 1 heterocycles. The van der Waals surface area contributed by atoms with Crippen LogP contribution < -0.4 is 0 Å². The maximum Gasteiger partial charge on any atom is 0.311 e. The highest BCUT2D eigenvalue weighted by Crippen LogP contribution is 2.30. The van der Waals surface area contributed by atoms with Gasteiger partial charge in [0.05, 0.1) is 12.0 Å². The van der Waals surface area contributed by atoms with Gasteiger partial charge in [0.25, 0.3) is 0 Å². The van der Waals surface area contributed by atoms with Gasteiger partial charge in [0.1, 0.15) is 0 Å². The quantitative estimate of drug-likeness (QED) is 0.873. The minimum atomic E-state index is -0.834. The summed E-state index contributed by atoms with van der Waals surface area (Å²) in [5, 5.41) is 21.1. The summed E-state index contributed by atoms with van der Waals surface area (Å²) in [5.74, 6) is -0.213. The second kappa shape index (κ2) is 5.81. The highest BCUT2D eigenvalue weighted by molar-refractivity contribution is 5.74. The first-order valence-electron chi connectivity index (χ1n) is 6.68. The fraction of sp³-hybridized carbons (Fsp3) is 0.429. The minimum absolute atomic E-state index is 0.270. The summed E-state index contributed by atoms with van der Waals surface area (Å²) in [6.45, 7) is 4.03. The summed E-state index contributed by atoms with van der Waals surface area (Å²) in [5.41, 5.74) is 0.0443.